The van der Waals surface area contributed by atoms with E-state index < -0.39 is 12.7 Å². The monoisotopic (exact) mass is 242 g/mol. The highest BCUT2D eigenvalue weighted by molar-refractivity contribution is 4.73. The van der Waals surface area contributed by atoms with Gasteiger partial charge in [-0.15, -0.1) is 0 Å². The molecule has 0 fully saturated rings. The number of halogens is 3. The molecule has 0 radical (unpaired) electrons. The Labute approximate surface area is 94.7 Å². The smallest absolute Gasteiger partial charge is 0.385 e. The van der Waals surface area contributed by atoms with E-state index in [4.69, 9.17) is 10.5 Å². The molecule has 0 aromatic rings. The number of hydrogen-bond acceptors (Lipinski definition) is 3. The second kappa shape index (κ2) is 7.09. The number of methoxy groups -OCH3 is 1. The predicted molar refractivity (Wildman–Crippen MR) is 57.2 cm³/mol. The largest absolute Gasteiger partial charge is 0.401 e. The van der Waals surface area contributed by atoms with Gasteiger partial charge in [0.2, 0.25) is 0 Å². The van der Waals surface area contributed by atoms with Crippen LogP contribution in [-0.4, -0.2) is 50.0 Å². The first-order valence-electron chi connectivity index (χ1n) is 5.31. The van der Waals surface area contributed by atoms with Gasteiger partial charge >= 0.3 is 6.18 Å². The topological polar surface area (TPSA) is 38.5 Å². The van der Waals surface area contributed by atoms with Gasteiger partial charge in [-0.1, -0.05) is 0 Å². The van der Waals surface area contributed by atoms with Crippen LogP contribution in [0.2, 0.25) is 0 Å². The normalized spacial score (nSPS) is 14.8. The molecule has 1 atom stereocenters. The van der Waals surface area contributed by atoms with E-state index >= 15 is 0 Å². The van der Waals surface area contributed by atoms with Gasteiger partial charge in [0, 0.05) is 32.3 Å². The summed E-state index contributed by atoms with van der Waals surface area (Å²) in [5.74, 6) is 0. The fourth-order valence-corrected chi connectivity index (χ4v) is 1.35. The van der Waals surface area contributed by atoms with E-state index in [1.807, 2.05) is 0 Å². The summed E-state index contributed by atoms with van der Waals surface area (Å²) in [6, 6.07) is -0.458. The minimum absolute atomic E-state index is 0.171. The summed E-state index contributed by atoms with van der Waals surface area (Å²) < 4.78 is 41.6. The van der Waals surface area contributed by atoms with E-state index in [1.54, 1.807) is 21.0 Å². The van der Waals surface area contributed by atoms with Gasteiger partial charge in [-0.25, -0.2) is 0 Å². The molecular weight excluding hydrogens is 221 g/mol. The molecule has 0 heterocycles. The van der Waals surface area contributed by atoms with E-state index in [2.05, 4.69) is 0 Å². The molecule has 1 unspecified atom stereocenters. The lowest BCUT2D eigenvalue weighted by Gasteiger charge is -2.29. The predicted octanol–water partition coefficient (Wildman–Crippen LogP) is 1.62. The van der Waals surface area contributed by atoms with Crippen LogP contribution in [0.4, 0.5) is 13.2 Å². The molecule has 0 amide bonds. The van der Waals surface area contributed by atoms with Crippen molar-refractivity contribution in [3.8, 4) is 0 Å². The average molecular weight is 242 g/mol. The lowest BCUT2D eigenvalue weighted by Crippen LogP contribution is -2.46. The summed E-state index contributed by atoms with van der Waals surface area (Å²) >= 11 is 0. The fourth-order valence-electron chi connectivity index (χ4n) is 1.35. The zero-order valence-electron chi connectivity index (χ0n) is 10.0. The third-order valence-electron chi connectivity index (χ3n) is 2.27. The molecular formula is C10H21F3N2O. The van der Waals surface area contributed by atoms with Crippen molar-refractivity contribution in [2.24, 2.45) is 5.73 Å². The van der Waals surface area contributed by atoms with Gasteiger partial charge in [-0.3, -0.25) is 4.90 Å². The van der Waals surface area contributed by atoms with Crippen LogP contribution in [0.15, 0.2) is 0 Å². The number of nitrogens with two attached hydrogens (primary N) is 1. The van der Waals surface area contributed by atoms with Crippen LogP contribution in [0, 0.1) is 0 Å². The Hall–Kier alpha value is -0.330. The molecule has 0 saturated carbocycles. The first-order valence-corrected chi connectivity index (χ1v) is 5.31. The molecule has 0 spiro atoms. The van der Waals surface area contributed by atoms with Crippen LogP contribution in [0.25, 0.3) is 0 Å². The highest BCUT2D eigenvalue weighted by Crippen LogP contribution is 2.18. The van der Waals surface area contributed by atoms with Crippen molar-refractivity contribution in [1.29, 1.82) is 0 Å². The van der Waals surface area contributed by atoms with E-state index in [-0.39, 0.29) is 18.6 Å². The van der Waals surface area contributed by atoms with Crippen molar-refractivity contribution in [3.05, 3.63) is 0 Å². The van der Waals surface area contributed by atoms with Crippen LogP contribution in [0.3, 0.4) is 0 Å². The number of hydrogen-bond donors (Lipinski definition) is 1. The average Bonchev–Trinajstić information content (AvgIpc) is 2.11. The Morgan fingerprint density at radius 2 is 1.88 bits per heavy atom. The third-order valence-corrected chi connectivity index (χ3v) is 2.27. The summed E-state index contributed by atoms with van der Waals surface area (Å²) in [6.07, 6.45) is -3.61. The van der Waals surface area contributed by atoms with Crippen LogP contribution >= 0.6 is 0 Å². The highest BCUT2D eigenvalue weighted by Gasteiger charge is 2.32. The molecule has 0 rings (SSSR count). The lowest BCUT2D eigenvalue weighted by molar-refractivity contribution is -0.150. The molecule has 2 N–H and O–H groups in total. The van der Waals surface area contributed by atoms with Crippen LogP contribution in [0.5, 0.6) is 0 Å². The van der Waals surface area contributed by atoms with Gasteiger partial charge in [-0.05, 0) is 20.3 Å². The summed E-state index contributed by atoms with van der Waals surface area (Å²) in [5, 5.41) is 0. The van der Waals surface area contributed by atoms with E-state index in [9.17, 15) is 13.2 Å². The van der Waals surface area contributed by atoms with Crippen molar-refractivity contribution in [2.75, 3.05) is 26.8 Å². The van der Waals surface area contributed by atoms with E-state index in [0.29, 0.717) is 13.0 Å². The van der Waals surface area contributed by atoms with Gasteiger partial charge in [-0.2, -0.15) is 13.2 Å². The summed E-state index contributed by atoms with van der Waals surface area (Å²) in [4.78, 5) is 1.33. The minimum Gasteiger partial charge on any atom is -0.385 e. The van der Waals surface area contributed by atoms with Crippen molar-refractivity contribution in [3.63, 3.8) is 0 Å². The van der Waals surface area contributed by atoms with Gasteiger partial charge in [0.05, 0.1) is 6.54 Å². The molecule has 3 nitrogen and oxygen atoms in total. The van der Waals surface area contributed by atoms with Gasteiger partial charge in [0.25, 0.3) is 0 Å². The Morgan fingerprint density at radius 3 is 2.25 bits per heavy atom. The molecule has 0 aliphatic rings. The fraction of sp³-hybridized carbons (Fsp3) is 1.00. The second-order valence-corrected chi connectivity index (χ2v) is 4.18. The van der Waals surface area contributed by atoms with Gasteiger partial charge < -0.3 is 10.5 Å². The molecule has 98 valence electrons. The Balaban J connectivity index is 4.12. The van der Waals surface area contributed by atoms with Gasteiger partial charge in [0.15, 0.2) is 0 Å². The number of rotatable bonds is 7. The maximum Gasteiger partial charge on any atom is 0.401 e. The molecule has 0 bridgehead atoms. The maximum absolute atomic E-state index is 12.3. The third kappa shape index (κ3) is 7.90. The lowest BCUT2D eigenvalue weighted by atomic mass is 10.2. The maximum atomic E-state index is 12.3. The van der Waals surface area contributed by atoms with Crippen molar-refractivity contribution in [1.82, 2.24) is 4.90 Å². The Morgan fingerprint density at radius 1 is 1.31 bits per heavy atom. The number of alkyl halides is 3. The quantitative estimate of drug-likeness (QED) is 0.737. The van der Waals surface area contributed by atoms with E-state index in [1.165, 1.54) is 4.90 Å². The zero-order valence-corrected chi connectivity index (χ0v) is 10.0. The van der Waals surface area contributed by atoms with Crippen molar-refractivity contribution >= 4 is 0 Å². The summed E-state index contributed by atoms with van der Waals surface area (Å²) in [6.45, 7) is 3.26. The second-order valence-electron chi connectivity index (χ2n) is 4.18. The van der Waals surface area contributed by atoms with Crippen LogP contribution in [-0.2, 0) is 4.74 Å². The van der Waals surface area contributed by atoms with Crippen molar-refractivity contribution in [2.45, 2.75) is 38.5 Å². The standard InChI is InChI=1S/C10H21F3N2O/c1-8(2)15(7-10(11,12)13)6-9(14)4-5-16-3/h8-9H,4-7,14H2,1-3H3. The Kier molecular flexibility index (Phi) is 6.94. The summed E-state index contributed by atoms with van der Waals surface area (Å²) in [7, 11) is 1.54. The zero-order chi connectivity index (χ0) is 12.8. The van der Waals surface area contributed by atoms with Crippen LogP contribution in [0.1, 0.15) is 20.3 Å². The SMILES string of the molecule is COCCC(N)CN(CC(F)(F)F)C(C)C. The highest BCUT2D eigenvalue weighted by atomic mass is 19.4. The number of ether oxygens (including phenoxy) is 1. The molecule has 0 aliphatic heterocycles. The molecule has 16 heavy (non-hydrogen) atoms. The minimum atomic E-state index is -4.18. The van der Waals surface area contributed by atoms with Crippen molar-refractivity contribution < 1.29 is 17.9 Å². The molecule has 0 aromatic carbocycles. The van der Waals surface area contributed by atoms with E-state index in [0.717, 1.165) is 0 Å². The molecule has 6 heteroatoms. The first-order chi connectivity index (χ1) is 7.26. The first kappa shape index (κ1) is 15.7. The summed E-state index contributed by atoms with van der Waals surface area (Å²) in [5.41, 5.74) is 5.73. The Bertz CT molecular complexity index is 185. The molecule has 0 aromatic heterocycles. The molecule has 0 saturated heterocycles. The number of nitrogens with zero attached hydrogens (tertiary/aromatic N) is 1. The van der Waals surface area contributed by atoms with Crippen LogP contribution < -0.4 is 5.73 Å². The molecule has 0 aliphatic carbocycles. The van der Waals surface area contributed by atoms with Gasteiger partial charge in [0.1, 0.15) is 0 Å².